The number of imidazole rings is 1. The molecule has 0 bridgehead atoms. The molecule has 0 amide bonds. The number of fused-ring (bicyclic) bond motifs is 1. The van der Waals surface area contributed by atoms with Crippen molar-refractivity contribution in [3.8, 4) is 0 Å². The van der Waals surface area contributed by atoms with Gasteiger partial charge in [-0.25, -0.2) is 4.79 Å². The van der Waals surface area contributed by atoms with Gasteiger partial charge in [-0.05, 0) is 24.6 Å². The average Bonchev–Trinajstić information content (AvgIpc) is 2.64. The van der Waals surface area contributed by atoms with Gasteiger partial charge in [0.1, 0.15) is 0 Å². The van der Waals surface area contributed by atoms with Crippen molar-refractivity contribution in [2.75, 3.05) is 24.4 Å². The summed E-state index contributed by atoms with van der Waals surface area (Å²) in [6.45, 7) is 0.906. The number of nitrogens with one attached hydrogen (secondary N) is 2. The number of aromatic amines is 2. The first kappa shape index (κ1) is 11.1. The molecule has 86 valence electrons. The Balaban J connectivity index is 2.27. The monoisotopic (exact) mass is 239 g/mol. The zero-order valence-electron chi connectivity index (χ0n) is 9.09. The topological polar surface area (TPSA) is 51.9 Å². The number of H-pyrrole nitrogens is 2. The number of hydrogen-bond donors (Lipinski definition) is 2. The summed E-state index contributed by atoms with van der Waals surface area (Å²) < 4.78 is 0. The van der Waals surface area contributed by atoms with Crippen LogP contribution in [0.2, 0.25) is 0 Å². The molecule has 2 aromatic rings. The molecule has 1 heterocycles. The summed E-state index contributed by atoms with van der Waals surface area (Å²) in [5.74, 6) is 0.660. The Hall–Kier alpha value is -1.42. The minimum absolute atomic E-state index is 0.171. The molecule has 0 aliphatic heterocycles. The van der Waals surface area contributed by atoms with E-state index < -0.39 is 0 Å². The summed E-state index contributed by atoms with van der Waals surface area (Å²) in [6, 6.07) is 5.85. The second-order valence-electron chi connectivity index (χ2n) is 3.77. The van der Waals surface area contributed by atoms with Crippen LogP contribution in [-0.4, -0.2) is 29.4 Å². The predicted molar refractivity (Wildman–Crippen MR) is 67.5 cm³/mol. The highest BCUT2D eigenvalue weighted by Gasteiger charge is 2.03. The molecule has 16 heavy (non-hydrogen) atoms. The summed E-state index contributed by atoms with van der Waals surface area (Å²) in [6.07, 6.45) is 0.944. The van der Waals surface area contributed by atoms with E-state index >= 15 is 0 Å². The Morgan fingerprint density at radius 1 is 1.31 bits per heavy atom. The number of rotatable bonds is 4. The van der Waals surface area contributed by atoms with E-state index in [1.54, 1.807) is 0 Å². The van der Waals surface area contributed by atoms with E-state index in [1.807, 2.05) is 25.2 Å². The van der Waals surface area contributed by atoms with Gasteiger partial charge in [0.05, 0.1) is 11.0 Å². The molecule has 2 N–H and O–H groups in total. The van der Waals surface area contributed by atoms with Crippen LogP contribution in [0.15, 0.2) is 23.0 Å². The minimum Gasteiger partial charge on any atom is -0.374 e. The molecule has 0 aliphatic rings. The van der Waals surface area contributed by atoms with E-state index in [2.05, 4.69) is 14.9 Å². The van der Waals surface area contributed by atoms with Crippen LogP contribution in [0.25, 0.3) is 11.0 Å². The zero-order valence-corrected chi connectivity index (χ0v) is 9.84. The van der Waals surface area contributed by atoms with Crippen LogP contribution in [0.3, 0.4) is 0 Å². The molecule has 1 aromatic carbocycles. The normalized spacial score (nSPS) is 10.9. The minimum atomic E-state index is -0.171. The second-order valence-corrected chi connectivity index (χ2v) is 4.15. The first-order chi connectivity index (χ1) is 7.70. The SMILES string of the molecule is CN(CCCCl)c1ccc2[nH]c(=O)[nH]c2c1. The van der Waals surface area contributed by atoms with E-state index in [4.69, 9.17) is 11.6 Å². The first-order valence-electron chi connectivity index (χ1n) is 5.20. The highest BCUT2D eigenvalue weighted by molar-refractivity contribution is 6.17. The van der Waals surface area contributed by atoms with Crippen molar-refractivity contribution in [3.63, 3.8) is 0 Å². The summed E-state index contributed by atoms with van der Waals surface area (Å²) in [4.78, 5) is 18.7. The van der Waals surface area contributed by atoms with Gasteiger partial charge in [0, 0.05) is 25.2 Å². The lowest BCUT2D eigenvalue weighted by atomic mass is 10.2. The summed E-state index contributed by atoms with van der Waals surface area (Å²) in [7, 11) is 2.01. The van der Waals surface area contributed by atoms with Crippen molar-refractivity contribution in [3.05, 3.63) is 28.7 Å². The Morgan fingerprint density at radius 2 is 2.06 bits per heavy atom. The van der Waals surface area contributed by atoms with Gasteiger partial charge in [0.25, 0.3) is 0 Å². The first-order valence-corrected chi connectivity index (χ1v) is 5.73. The van der Waals surface area contributed by atoms with E-state index in [0.29, 0.717) is 5.88 Å². The maximum atomic E-state index is 11.1. The van der Waals surface area contributed by atoms with Crippen LogP contribution in [0.5, 0.6) is 0 Å². The molecule has 0 spiro atoms. The summed E-state index contributed by atoms with van der Waals surface area (Å²) in [5, 5.41) is 0. The molecule has 0 fully saturated rings. The van der Waals surface area contributed by atoms with E-state index in [0.717, 1.165) is 29.7 Å². The van der Waals surface area contributed by atoms with Crippen molar-refractivity contribution in [2.45, 2.75) is 6.42 Å². The summed E-state index contributed by atoms with van der Waals surface area (Å²) in [5.41, 5.74) is 2.57. The third-order valence-corrected chi connectivity index (χ3v) is 2.83. The largest absolute Gasteiger partial charge is 0.374 e. The molecule has 1 aromatic heterocycles. The molecular weight excluding hydrogens is 226 g/mol. The Morgan fingerprint density at radius 3 is 2.81 bits per heavy atom. The van der Waals surface area contributed by atoms with Crippen LogP contribution in [-0.2, 0) is 0 Å². The molecule has 5 heteroatoms. The number of aromatic nitrogens is 2. The van der Waals surface area contributed by atoms with Crippen molar-refractivity contribution in [2.24, 2.45) is 0 Å². The van der Waals surface area contributed by atoms with E-state index in [9.17, 15) is 4.79 Å². The standard InChI is InChI=1S/C11H14ClN3O/c1-15(6-2-5-12)8-3-4-9-10(7-8)14-11(16)13-9/h3-4,7H,2,5-6H2,1H3,(H2,13,14,16). The quantitative estimate of drug-likeness (QED) is 0.801. The van der Waals surface area contributed by atoms with Gasteiger partial charge in [0.15, 0.2) is 0 Å². The maximum Gasteiger partial charge on any atom is 0.323 e. The van der Waals surface area contributed by atoms with Gasteiger partial charge in [-0.2, -0.15) is 0 Å². The van der Waals surface area contributed by atoms with Crippen molar-refractivity contribution in [1.82, 2.24) is 9.97 Å². The molecular formula is C11H14ClN3O. The Kier molecular flexibility index (Phi) is 3.19. The van der Waals surface area contributed by atoms with Gasteiger partial charge < -0.3 is 14.9 Å². The molecule has 0 radical (unpaired) electrons. The number of benzene rings is 1. The molecule has 0 atom stereocenters. The molecule has 0 saturated carbocycles. The van der Waals surface area contributed by atoms with Gasteiger partial charge >= 0.3 is 5.69 Å². The number of nitrogens with zero attached hydrogens (tertiary/aromatic N) is 1. The van der Waals surface area contributed by atoms with Crippen molar-refractivity contribution in [1.29, 1.82) is 0 Å². The third kappa shape index (κ3) is 2.22. The lowest BCUT2D eigenvalue weighted by molar-refractivity contribution is 0.857. The fraction of sp³-hybridized carbons (Fsp3) is 0.364. The fourth-order valence-electron chi connectivity index (χ4n) is 1.68. The van der Waals surface area contributed by atoms with E-state index in [1.165, 1.54) is 0 Å². The highest BCUT2D eigenvalue weighted by atomic mass is 35.5. The van der Waals surface area contributed by atoms with Crippen LogP contribution >= 0.6 is 11.6 Å². The van der Waals surface area contributed by atoms with E-state index in [-0.39, 0.29) is 5.69 Å². The molecule has 4 nitrogen and oxygen atoms in total. The lowest BCUT2D eigenvalue weighted by Gasteiger charge is -2.18. The van der Waals surface area contributed by atoms with Crippen LogP contribution in [0.1, 0.15) is 6.42 Å². The molecule has 0 aliphatic carbocycles. The highest BCUT2D eigenvalue weighted by Crippen LogP contribution is 2.17. The van der Waals surface area contributed by atoms with Crippen LogP contribution in [0.4, 0.5) is 5.69 Å². The Labute approximate surface area is 98.2 Å². The van der Waals surface area contributed by atoms with Crippen LogP contribution < -0.4 is 10.6 Å². The maximum absolute atomic E-state index is 11.1. The van der Waals surface area contributed by atoms with Gasteiger partial charge in [0.2, 0.25) is 0 Å². The second kappa shape index (κ2) is 4.61. The number of hydrogen-bond acceptors (Lipinski definition) is 2. The molecule has 2 rings (SSSR count). The van der Waals surface area contributed by atoms with Crippen molar-refractivity contribution >= 4 is 28.3 Å². The van der Waals surface area contributed by atoms with Gasteiger partial charge in [-0.15, -0.1) is 11.6 Å². The van der Waals surface area contributed by atoms with Crippen LogP contribution in [0, 0.1) is 0 Å². The van der Waals surface area contributed by atoms with Gasteiger partial charge in [-0.3, -0.25) is 0 Å². The molecule has 0 saturated heterocycles. The smallest absolute Gasteiger partial charge is 0.323 e. The Bertz CT molecular complexity index is 531. The fourth-order valence-corrected chi connectivity index (χ4v) is 1.80. The number of alkyl halides is 1. The van der Waals surface area contributed by atoms with Crippen molar-refractivity contribution < 1.29 is 0 Å². The van der Waals surface area contributed by atoms with Gasteiger partial charge in [-0.1, -0.05) is 0 Å². The number of anilines is 1. The predicted octanol–water partition coefficient (Wildman–Crippen LogP) is 1.92. The lowest BCUT2D eigenvalue weighted by Crippen LogP contribution is -2.18. The average molecular weight is 240 g/mol. The zero-order chi connectivity index (χ0) is 11.5. The number of halogens is 1. The summed E-state index contributed by atoms with van der Waals surface area (Å²) >= 11 is 5.65. The third-order valence-electron chi connectivity index (χ3n) is 2.57. The molecule has 0 unspecified atom stereocenters.